The van der Waals surface area contributed by atoms with E-state index in [1.807, 2.05) is 0 Å². The summed E-state index contributed by atoms with van der Waals surface area (Å²) in [6.45, 7) is 3.54. The summed E-state index contributed by atoms with van der Waals surface area (Å²) in [7, 11) is -14.6. The predicted octanol–water partition coefficient (Wildman–Crippen LogP) is 2.15. The van der Waals surface area contributed by atoms with Gasteiger partial charge in [-0.15, -0.1) is 0 Å². The Morgan fingerprint density at radius 2 is 1.27 bits per heavy atom. The second-order valence-corrected chi connectivity index (χ2v) is 16.2. The second-order valence-electron chi connectivity index (χ2n) is 11.6. The molecule has 4 aromatic rings. The number of aromatic nitrogens is 3. The number of halogens is 1. The summed E-state index contributed by atoms with van der Waals surface area (Å²) in [5, 5.41) is 7.91. The average molecular weight is 798 g/mol. The van der Waals surface area contributed by atoms with Crippen LogP contribution < -0.4 is 21.7 Å². The number of rotatable bonds is 11. The van der Waals surface area contributed by atoms with Gasteiger partial charge in [0.1, 0.15) is 9.79 Å². The molecule has 52 heavy (non-hydrogen) atoms. The molecule has 3 aromatic carbocycles. The minimum absolute atomic E-state index is 0. The molecule has 2 radical (unpaired) electrons. The van der Waals surface area contributed by atoms with Crippen LogP contribution in [0, 0.1) is 5.41 Å². The van der Waals surface area contributed by atoms with E-state index in [2.05, 4.69) is 30.9 Å². The SMILES string of the molecule is CC(C)(CNc1nc(Cl)nc(Nc2cc(S(=O)(=O)O)ccc2S(=O)(=O)O)n1)CNc1cc(S(=O)(=O)O)c(N)c2c1C(=O)c1ccccc1C2=O.[Li].[Na]. The molecule has 1 heterocycles. The van der Waals surface area contributed by atoms with Crippen LogP contribution in [-0.2, 0) is 30.4 Å². The Balaban J connectivity index is 0.00000364. The van der Waals surface area contributed by atoms with Crippen molar-refractivity contribution < 1.29 is 48.5 Å². The van der Waals surface area contributed by atoms with Gasteiger partial charge >= 0.3 is 0 Å². The Morgan fingerprint density at radius 3 is 1.83 bits per heavy atom. The van der Waals surface area contributed by atoms with Gasteiger partial charge in [0, 0.05) is 78.3 Å². The normalized spacial score (nSPS) is 12.9. The molecule has 18 nitrogen and oxygen atoms in total. The summed E-state index contributed by atoms with van der Waals surface area (Å²) in [4.78, 5) is 36.6. The van der Waals surface area contributed by atoms with Crippen LogP contribution >= 0.6 is 11.6 Å². The summed E-state index contributed by atoms with van der Waals surface area (Å²) in [6.07, 6.45) is 0. The third kappa shape index (κ3) is 9.30. The van der Waals surface area contributed by atoms with Crippen molar-refractivity contribution in [1.29, 1.82) is 0 Å². The fourth-order valence-electron chi connectivity index (χ4n) is 4.96. The van der Waals surface area contributed by atoms with Crippen molar-refractivity contribution in [2.45, 2.75) is 28.5 Å². The standard InChI is InChI=1S/C28H26ClN7O11S3.Li.Na/c1-28(2,11-31-17-10-19(50(45,46)47)22(30)21-20(17)23(37)14-5-3-4-6-15(14)24(21)38)12-32-26-34-25(29)35-27(36-26)33-16-9-13(48(39,40)41)7-8-18(16)49(42,43)44;;/h3-10,31H,11-12,30H2,1-2H3,(H,39,40,41)(H,42,43,44)(H,45,46,47)(H2,32,33,34,35,36);;. The monoisotopic (exact) mass is 797 g/mol. The number of nitrogens with one attached hydrogen (secondary N) is 3. The Bertz CT molecular complexity index is 2460. The molecule has 5 rings (SSSR count). The molecule has 0 spiro atoms. The van der Waals surface area contributed by atoms with Gasteiger partial charge in [-0.1, -0.05) is 38.1 Å². The van der Waals surface area contributed by atoms with E-state index in [0.29, 0.717) is 0 Å². The molecule has 8 N–H and O–H groups in total. The summed E-state index contributed by atoms with van der Waals surface area (Å²) in [5.74, 6) is -1.85. The van der Waals surface area contributed by atoms with Crippen LogP contribution in [0.25, 0.3) is 0 Å². The van der Waals surface area contributed by atoms with Gasteiger partial charge < -0.3 is 21.7 Å². The number of nitrogens with two attached hydrogens (primary N) is 1. The number of hydrogen-bond acceptors (Lipinski definition) is 15. The van der Waals surface area contributed by atoms with Crippen molar-refractivity contribution in [3.05, 3.63) is 76.1 Å². The summed E-state index contributed by atoms with van der Waals surface area (Å²) in [5.41, 5.74) is 3.60. The minimum atomic E-state index is -4.93. The molecule has 0 bridgehead atoms. The molecule has 0 aliphatic heterocycles. The summed E-state index contributed by atoms with van der Waals surface area (Å²) in [6, 6.07) is 9.11. The minimum Gasteiger partial charge on any atom is -0.397 e. The zero-order valence-electron chi connectivity index (χ0n) is 27.7. The Labute approximate surface area is 336 Å². The number of anilines is 5. The molecule has 1 aromatic heterocycles. The van der Waals surface area contributed by atoms with E-state index in [4.69, 9.17) is 17.3 Å². The molecule has 0 amide bonds. The fourth-order valence-corrected chi connectivity index (χ4v) is 6.90. The van der Waals surface area contributed by atoms with Gasteiger partial charge in [-0.3, -0.25) is 23.2 Å². The molecule has 1 aliphatic rings. The van der Waals surface area contributed by atoms with Gasteiger partial charge in [-0.2, -0.15) is 40.2 Å². The van der Waals surface area contributed by atoms with Crippen LogP contribution in [-0.4, -0.2) is 127 Å². The van der Waals surface area contributed by atoms with Gasteiger partial charge in [0.2, 0.25) is 17.2 Å². The molecule has 0 atom stereocenters. The number of hydrogen-bond donors (Lipinski definition) is 7. The van der Waals surface area contributed by atoms with Crippen molar-refractivity contribution in [2.24, 2.45) is 5.41 Å². The zero-order chi connectivity index (χ0) is 37.0. The second kappa shape index (κ2) is 15.7. The first-order valence-corrected chi connectivity index (χ1v) is 18.6. The molecule has 0 saturated carbocycles. The third-order valence-electron chi connectivity index (χ3n) is 7.34. The number of carbonyl (C=O) groups is 2. The fraction of sp³-hybridized carbons (Fsp3) is 0.179. The van der Waals surface area contributed by atoms with Gasteiger partial charge in [0.05, 0.1) is 27.4 Å². The quantitative estimate of drug-likeness (QED) is 0.0572. The van der Waals surface area contributed by atoms with Gasteiger partial charge in [0.25, 0.3) is 30.4 Å². The van der Waals surface area contributed by atoms with E-state index in [9.17, 15) is 48.5 Å². The molecule has 0 unspecified atom stereocenters. The maximum atomic E-state index is 13.6. The van der Waals surface area contributed by atoms with Crippen LogP contribution in [0.15, 0.2) is 63.2 Å². The van der Waals surface area contributed by atoms with Crippen LogP contribution in [0.1, 0.15) is 45.7 Å². The summed E-state index contributed by atoms with van der Waals surface area (Å²) >= 11 is 6.04. The maximum absolute atomic E-state index is 13.6. The van der Waals surface area contributed by atoms with Gasteiger partial charge in [0.15, 0.2) is 11.6 Å². The third-order valence-corrected chi connectivity index (χ3v) is 10.2. The predicted molar refractivity (Wildman–Crippen MR) is 190 cm³/mol. The number of carbonyl (C=O) groups excluding carboxylic acids is 2. The Kier molecular flexibility index (Phi) is 13.0. The van der Waals surface area contributed by atoms with Crippen LogP contribution in [0.5, 0.6) is 0 Å². The topological polar surface area (TPSA) is 298 Å². The average Bonchev–Trinajstić information content (AvgIpc) is 3.00. The molecule has 266 valence electrons. The molecule has 0 saturated heterocycles. The van der Waals surface area contributed by atoms with Crippen molar-refractivity contribution in [1.82, 2.24) is 15.0 Å². The van der Waals surface area contributed by atoms with Crippen molar-refractivity contribution in [3.8, 4) is 0 Å². The van der Waals surface area contributed by atoms with E-state index in [1.165, 1.54) is 18.2 Å². The van der Waals surface area contributed by atoms with E-state index < -0.39 is 84.6 Å². The van der Waals surface area contributed by atoms with E-state index in [-0.39, 0.29) is 95.4 Å². The van der Waals surface area contributed by atoms with E-state index in [0.717, 1.165) is 24.3 Å². The van der Waals surface area contributed by atoms with E-state index in [1.54, 1.807) is 19.9 Å². The molecule has 0 fully saturated rings. The van der Waals surface area contributed by atoms with Crippen molar-refractivity contribution >= 4 is 131 Å². The van der Waals surface area contributed by atoms with Crippen LogP contribution in [0.3, 0.4) is 0 Å². The zero-order valence-corrected chi connectivity index (χ0v) is 32.9. The molecular formula is C28H26ClLiN7NaO11S3. The smallest absolute Gasteiger partial charge is 0.296 e. The van der Waals surface area contributed by atoms with Crippen LogP contribution in [0.4, 0.5) is 29.0 Å². The largest absolute Gasteiger partial charge is 0.397 e. The maximum Gasteiger partial charge on any atom is 0.296 e. The van der Waals surface area contributed by atoms with Crippen LogP contribution in [0.2, 0.25) is 5.28 Å². The number of ketones is 2. The Morgan fingerprint density at radius 1 is 0.731 bits per heavy atom. The first-order valence-electron chi connectivity index (χ1n) is 13.9. The van der Waals surface area contributed by atoms with Crippen molar-refractivity contribution in [3.63, 3.8) is 0 Å². The first kappa shape index (κ1) is 43.2. The number of nitrogen functional groups attached to an aromatic ring is 1. The van der Waals surface area contributed by atoms with Gasteiger partial charge in [-0.25, -0.2) is 0 Å². The number of benzene rings is 3. The Hall–Kier alpha value is -3.17. The van der Waals surface area contributed by atoms with Crippen molar-refractivity contribution in [2.75, 3.05) is 34.8 Å². The number of fused-ring (bicyclic) bond motifs is 2. The number of nitrogens with zero attached hydrogens (tertiary/aromatic N) is 3. The molecular weight excluding hydrogens is 772 g/mol. The first-order chi connectivity index (χ1) is 23.1. The van der Waals surface area contributed by atoms with Gasteiger partial charge in [-0.05, 0) is 41.3 Å². The molecule has 24 heteroatoms. The summed E-state index contributed by atoms with van der Waals surface area (Å²) < 4.78 is 100. The van der Waals surface area contributed by atoms with E-state index >= 15 is 0 Å². The molecule has 1 aliphatic carbocycles.